The molecule has 2 N–H and O–H groups in total. The second-order valence-electron chi connectivity index (χ2n) is 4.44. The van der Waals surface area contributed by atoms with Gasteiger partial charge in [0, 0.05) is 22.9 Å². The van der Waals surface area contributed by atoms with Gasteiger partial charge in [-0.3, -0.25) is 4.79 Å². The summed E-state index contributed by atoms with van der Waals surface area (Å²) in [6, 6.07) is 1.98. The molecule has 20 heavy (non-hydrogen) atoms. The van der Waals surface area contributed by atoms with Crippen LogP contribution in [0.15, 0.2) is 11.4 Å². The molecule has 0 aromatic carbocycles. The molecule has 1 aromatic heterocycles. The fraction of sp³-hybridized carbons (Fsp3) is 0.500. The van der Waals surface area contributed by atoms with Gasteiger partial charge in [-0.05, 0) is 6.07 Å². The first kappa shape index (κ1) is 15.0. The van der Waals surface area contributed by atoms with Crippen LogP contribution >= 0.6 is 11.3 Å². The van der Waals surface area contributed by atoms with Gasteiger partial charge in [-0.2, -0.15) is 0 Å². The Bertz CT molecular complexity index is 512. The standard InChI is InChI=1S/C14H18N2O3S/c1-16(14(17)13-9-18-5-6-19-13)8-12-7-11(10-20-12)3-2-4-15/h7,10,13H,4-6,8-9,15H2,1H3. The summed E-state index contributed by atoms with van der Waals surface area (Å²) >= 11 is 1.58. The molecular weight excluding hydrogens is 276 g/mol. The molecule has 0 saturated carbocycles. The Kier molecular flexibility index (Phi) is 5.56. The summed E-state index contributed by atoms with van der Waals surface area (Å²) in [6.07, 6.45) is -0.481. The SMILES string of the molecule is CN(Cc1cc(C#CCN)cs1)C(=O)C1COCCO1. The van der Waals surface area contributed by atoms with Gasteiger partial charge in [0.2, 0.25) is 0 Å². The molecule has 0 bridgehead atoms. The fourth-order valence-corrected chi connectivity index (χ4v) is 2.74. The van der Waals surface area contributed by atoms with Crippen LogP contribution < -0.4 is 5.73 Å². The van der Waals surface area contributed by atoms with Gasteiger partial charge in [0.15, 0.2) is 6.10 Å². The summed E-state index contributed by atoms with van der Waals surface area (Å²) in [5, 5.41) is 1.97. The predicted molar refractivity (Wildman–Crippen MR) is 77.3 cm³/mol. The first-order chi connectivity index (χ1) is 9.70. The van der Waals surface area contributed by atoms with Crippen molar-refractivity contribution in [1.29, 1.82) is 0 Å². The number of carbonyl (C=O) groups excluding carboxylic acids is 1. The Morgan fingerprint density at radius 1 is 1.60 bits per heavy atom. The van der Waals surface area contributed by atoms with Crippen LogP contribution in [0.5, 0.6) is 0 Å². The Morgan fingerprint density at radius 2 is 2.45 bits per heavy atom. The molecule has 1 saturated heterocycles. The first-order valence-electron chi connectivity index (χ1n) is 6.41. The minimum Gasteiger partial charge on any atom is -0.376 e. The van der Waals surface area contributed by atoms with Gasteiger partial charge in [-0.25, -0.2) is 0 Å². The number of thiophene rings is 1. The topological polar surface area (TPSA) is 64.8 Å². The molecule has 1 aliphatic heterocycles. The fourth-order valence-electron chi connectivity index (χ4n) is 1.87. The van der Waals surface area contributed by atoms with Gasteiger partial charge in [0.1, 0.15) is 0 Å². The van der Waals surface area contributed by atoms with Crippen LogP contribution in [0.3, 0.4) is 0 Å². The second-order valence-corrected chi connectivity index (χ2v) is 5.43. The van der Waals surface area contributed by atoms with Crippen molar-refractivity contribution in [3.05, 3.63) is 21.9 Å². The van der Waals surface area contributed by atoms with Crippen LogP contribution in [-0.4, -0.2) is 50.3 Å². The minimum absolute atomic E-state index is 0.0484. The zero-order valence-electron chi connectivity index (χ0n) is 11.4. The van der Waals surface area contributed by atoms with E-state index in [1.807, 2.05) is 11.4 Å². The Balaban J connectivity index is 1.91. The van der Waals surface area contributed by atoms with E-state index in [-0.39, 0.29) is 5.91 Å². The lowest BCUT2D eigenvalue weighted by molar-refractivity contribution is -0.157. The number of ether oxygens (including phenoxy) is 2. The minimum atomic E-state index is -0.481. The molecule has 2 rings (SSSR count). The molecule has 5 nitrogen and oxygen atoms in total. The van der Waals surface area contributed by atoms with E-state index in [4.69, 9.17) is 15.2 Å². The summed E-state index contributed by atoms with van der Waals surface area (Å²) in [7, 11) is 1.77. The van der Waals surface area contributed by atoms with Crippen LogP contribution in [0.2, 0.25) is 0 Å². The van der Waals surface area contributed by atoms with E-state index in [9.17, 15) is 4.79 Å². The molecule has 1 amide bonds. The lowest BCUT2D eigenvalue weighted by Crippen LogP contribution is -2.43. The van der Waals surface area contributed by atoms with Gasteiger partial charge < -0.3 is 20.1 Å². The number of nitrogens with zero attached hydrogens (tertiary/aromatic N) is 1. The van der Waals surface area contributed by atoms with Gasteiger partial charge >= 0.3 is 0 Å². The van der Waals surface area contributed by atoms with Crippen molar-refractivity contribution in [2.45, 2.75) is 12.6 Å². The number of rotatable bonds is 3. The van der Waals surface area contributed by atoms with Crippen LogP contribution in [0.25, 0.3) is 0 Å². The van der Waals surface area contributed by atoms with Crippen LogP contribution in [-0.2, 0) is 20.8 Å². The molecule has 1 fully saturated rings. The summed E-state index contributed by atoms with van der Waals surface area (Å²) in [5.74, 6) is 5.74. The maximum atomic E-state index is 12.2. The molecule has 0 spiro atoms. The van der Waals surface area contributed by atoms with E-state index in [2.05, 4.69) is 11.8 Å². The quantitative estimate of drug-likeness (QED) is 0.821. The van der Waals surface area contributed by atoms with E-state index < -0.39 is 6.10 Å². The van der Waals surface area contributed by atoms with E-state index in [0.29, 0.717) is 32.9 Å². The van der Waals surface area contributed by atoms with Crippen molar-refractivity contribution in [3.63, 3.8) is 0 Å². The molecule has 1 aliphatic rings. The highest BCUT2D eigenvalue weighted by Gasteiger charge is 2.25. The average molecular weight is 294 g/mol. The third-order valence-corrected chi connectivity index (χ3v) is 3.77. The van der Waals surface area contributed by atoms with E-state index in [1.54, 1.807) is 23.3 Å². The molecule has 6 heteroatoms. The van der Waals surface area contributed by atoms with Crippen LogP contribution in [0, 0.1) is 11.8 Å². The van der Waals surface area contributed by atoms with Crippen molar-refractivity contribution < 1.29 is 14.3 Å². The summed E-state index contributed by atoms with van der Waals surface area (Å²) in [4.78, 5) is 14.9. The first-order valence-corrected chi connectivity index (χ1v) is 7.29. The lowest BCUT2D eigenvalue weighted by Gasteiger charge is -2.26. The van der Waals surface area contributed by atoms with Crippen LogP contribution in [0.4, 0.5) is 0 Å². The number of amides is 1. The largest absolute Gasteiger partial charge is 0.376 e. The molecule has 108 valence electrons. The number of hydrogen-bond donors (Lipinski definition) is 1. The number of nitrogens with two attached hydrogens (primary N) is 1. The molecule has 1 aromatic rings. The Hall–Kier alpha value is -1.39. The highest BCUT2D eigenvalue weighted by molar-refractivity contribution is 7.10. The summed E-state index contributed by atoms with van der Waals surface area (Å²) < 4.78 is 10.7. The van der Waals surface area contributed by atoms with Gasteiger partial charge in [-0.1, -0.05) is 11.8 Å². The Labute approximate surface area is 122 Å². The number of likely N-dealkylation sites (N-methyl/N-ethyl adjacent to an activating group) is 1. The third kappa shape index (κ3) is 4.05. The molecular formula is C14H18N2O3S. The molecule has 0 radical (unpaired) electrons. The normalized spacial score (nSPS) is 18.2. The van der Waals surface area contributed by atoms with Crippen molar-refractivity contribution in [2.75, 3.05) is 33.4 Å². The van der Waals surface area contributed by atoms with Gasteiger partial charge in [-0.15, -0.1) is 11.3 Å². The van der Waals surface area contributed by atoms with Gasteiger partial charge in [0.05, 0.1) is 32.9 Å². The molecule has 1 atom stereocenters. The number of carbonyl (C=O) groups is 1. The van der Waals surface area contributed by atoms with Crippen molar-refractivity contribution in [1.82, 2.24) is 4.90 Å². The maximum absolute atomic E-state index is 12.2. The van der Waals surface area contributed by atoms with Gasteiger partial charge in [0.25, 0.3) is 5.91 Å². The second kappa shape index (κ2) is 7.41. The van der Waals surface area contributed by atoms with E-state index in [0.717, 1.165) is 10.4 Å². The van der Waals surface area contributed by atoms with Crippen molar-refractivity contribution in [2.24, 2.45) is 5.73 Å². The average Bonchev–Trinajstić information content (AvgIpc) is 2.92. The summed E-state index contributed by atoms with van der Waals surface area (Å²) in [5.41, 5.74) is 6.28. The third-order valence-electron chi connectivity index (χ3n) is 2.85. The highest BCUT2D eigenvalue weighted by atomic mass is 32.1. The van der Waals surface area contributed by atoms with Crippen molar-refractivity contribution in [3.8, 4) is 11.8 Å². The number of hydrogen-bond acceptors (Lipinski definition) is 5. The summed E-state index contributed by atoms with van der Waals surface area (Å²) in [6.45, 7) is 2.26. The lowest BCUT2D eigenvalue weighted by atomic mass is 10.2. The molecule has 0 aliphatic carbocycles. The molecule has 1 unspecified atom stereocenters. The zero-order chi connectivity index (χ0) is 14.4. The zero-order valence-corrected chi connectivity index (χ0v) is 12.2. The predicted octanol–water partition coefficient (Wildman–Crippen LogP) is 0.432. The Morgan fingerprint density at radius 3 is 3.15 bits per heavy atom. The molecule has 2 heterocycles. The van der Waals surface area contributed by atoms with Crippen molar-refractivity contribution >= 4 is 17.2 Å². The maximum Gasteiger partial charge on any atom is 0.254 e. The van der Waals surface area contributed by atoms with E-state index in [1.165, 1.54) is 0 Å². The van der Waals surface area contributed by atoms with E-state index >= 15 is 0 Å². The monoisotopic (exact) mass is 294 g/mol. The smallest absolute Gasteiger partial charge is 0.254 e. The highest BCUT2D eigenvalue weighted by Crippen LogP contribution is 2.16. The van der Waals surface area contributed by atoms with Crippen LogP contribution in [0.1, 0.15) is 10.4 Å².